The number of nitrogens with zero attached hydrogens (tertiary/aromatic N) is 3. The number of carbonyl (C=O) groups is 4. The van der Waals surface area contributed by atoms with Crippen molar-refractivity contribution < 1.29 is 19.2 Å². The van der Waals surface area contributed by atoms with Gasteiger partial charge in [-0.15, -0.1) is 0 Å². The van der Waals surface area contributed by atoms with Gasteiger partial charge in [0.1, 0.15) is 5.69 Å². The van der Waals surface area contributed by atoms with Crippen LogP contribution in [0.5, 0.6) is 0 Å². The van der Waals surface area contributed by atoms with Gasteiger partial charge in [-0.1, -0.05) is 18.2 Å². The Kier molecular flexibility index (Phi) is 5.03. The number of carbonyl (C=O) groups excluding carboxylic acids is 4. The lowest BCUT2D eigenvalue weighted by Gasteiger charge is -2.22. The third-order valence-electron chi connectivity index (χ3n) is 6.81. The van der Waals surface area contributed by atoms with Crippen molar-refractivity contribution in [3.63, 3.8) is 0 Å². The minimum atomic E-state index is -0.280. The van der Waals surface area contributed by atoms with Crippen LogP contribution in [0, 0.1) is 11.8 Å². The van der Waals surface area contributed by atoms with Crippen LogP contribution in [-0.4, -0.2) is 76.0 Å². The zero-order valence-electron chi connectivity index (χ0n) is 17.6. The van der Waals surface area contributed by atoms with E-state index in [9.17, 15) is 24.0 Å². The summed E-state index contributed by atoms with van der Waals surface area (Å²) in [6, 6.07) is 8.87. The molecule has 0 bridgehead atoms. The van der Waals surface area contributed by atoms with Crippen LogP contribution in [0.2, 0.25) is 0 Å². The van der Waals surface area contributed by atoms with E-state index in [4.69, 9.17) is 0 Å². The Balaban J connectivity index is 1.19. The molecule has 0 saturated carbocycles. The van der Waals surface area contributed by atoms with Gasteiger partial charge in [-0.3, -0.25) is 28.9 Å². The number of hydrogen-bond acceptors (Lipinski definition) is 5. The maximum absolute atomic E-state index is 13.0. The number of imide groups is 1. The van der Waals surface area contributed by atoms with E-state index in [1.165, 1.54) is 4.90 Å². The van der Waals surface area contributed by atoms with E-state index in [0.717, 1.165) is 5.39 Å². The molecule has 0 spiro atoms. The van der Waals surface area contributed by atoms with Gasteiger partial charge < -0.3 is 14.8 Å². The second-order valence-electron chi connectivity index (χ2n) is 8.82. The lowest BCUT2D eigenvalue weighted by molar-refractivity contribution is -0.139. The fraction of sp³-hybridized carbons (Fsp3) is 0.435. The summed E-state index contributed by atoms with van der Waals surface area (Å²) in [6.07, 6.45) is 0.596. The number of H-pyrrole nitrogens is 1. The molecule has 0 radical (unpaired) electrons. The smallest absolute Gasteiger partial charge is 0.270 e. The van der Waals surface area contributed by atoms with Gasteiger partial charge in [-0.05, 0) is 17.5 Å². The van der Waals surface area contributed by atoms with E-state index in [-0.39, 0.29) is 72.5 Å². The summed E-state index contributed by atoms with van der Waals surface area (Å²) in [4.78, 5) is 68.7. The monoisotopic (exact) mass is 436 g/mol. The molecule has 4 amide bonds. The van der Waals surface area contributed by atoms with Crippen molar-refractivity contribution in [3.05, 3.63) is 46.4 Å². The summed E-state index contributed by atoms with van der Waals surface area (Å²) in [7, 11) is 0. The molecule has 1 aromatic carbocycles. The van der Waals surface area contributed by atoms with E-state index in [0.29, 0.717) is 31.6 Å². The van der Waals surface area contributed by atoms with Crippen molar-refractivity contribution in [1.82, 2.24) is 19.7 Å². The fourth-order valence-corrected chi connectivity index (χ4v) is 5.10. The molecule has 9 heteroatoms. The van der Waals surface area contributed by atoms with Crippen LogP contribution >= 0.6 is 0 Å². The maximum Gasteiger partial charge on any atom is 0.270 e. The van der Waals surface area contributed by atoms with Gasteiger partial charge >= 0.3 is 0 Å². The van der Waals surface area contributed by atoms with Crippen molar-refractivity contribution in [2.45, 2.75) is 19.3 Å². The molecule has 3 saturated heterocycles. The highest BCUT2D eigenvalue weighted by molar-refractivity contribution is 6.02. The third kappa shape index (κ3) is 3.57. The van der Waals surface area contributed by atoms with E-state index < -0.39 is 0 Å². The first-order valence-corrected chi connectivity index (χ1v) is 10.9. The standard InChI is InChI=1S/C23H24N4O5/c28-19(7-8-27-20(29)5-6-21(27)30)25-10-15-12-26(13-16(15)11-25)23(32)18-9-14-3-1-2-4-17(14)22(31)24-18/h1-4,9,15-16H,5-8,10-13H2,(H,24,31)/t15-,16+. The number of hydrogen-bond donors (Lipinski definition) is 1. The molecule has 4 heterocycles. The molecule has 32 heavy (non-hydrogen) atoms. The number of nitrogens with one attached hydrogen (secondary N) is 1. The Bertz CT molecular complexity index is 1160. The molecule has 2 aromatic rings. The number of likely N-dealkylation sites (tertiary alicyclic amines) is 3. The van der Waals surface area contributed by atoms with Gasteiger partial charge in [0.05, 0.1) is 0 Å². The van der Waals surface area contributed by atoms with Crippen LogP contribution in [0.3, 0.4) is 0 Å². The van der Waals surface area contributed by atoms with E-state index in [2.05, 4.69) is 4.98 Å². The molecule has 3 aliphatic rings. The zero-order valence-corrected chi connectivity index (χ0v) is 17.6. The highest BCUT2D eigenvalue weighted by Crippen LogP contribution is 2.32. The molecular formula is C23H24N4O5. The highest BCUT2D eigenvalue weighted by atomic mass is 16.2. The van der Waals surface area contributed by atoms with Crippen molar-refractivity contribution in [2.75, 3.05) is 32.7 Å². The van der Waals surface area contributed by atoms with Crippen molar-refractivity contribution in [1.29, 1.82) is 0 Å². The van der Waals surface area contributed by atoms with Gasteiger partial charge in [-0.25, -0.2) is 0 Å². The Morgan fingerprint density at radius 3 is 2.22 bits per heavy atom. The lowest BCUT2D eigenvalue weighted by atomic mass is 10.0. The minimum absolute atomic E-state index is 0.0661. The largest absolute Gasteiger partial charge is 0.342 e. The Hall–Kier alpha value is -3.49. The predicted octanol–water partition coefficient (Wildman–Crippen LogP) is 0.598. The number of rotatable bonds is 4. The zero-order chi connectivity index (χ0) is 22.4. The molecule has 0 aliphatic carbocycles. The lowest BCUT2D eigenvalue weighted by Crippen LogP contribution is -2.38. The molecule has 3 fully saturated rings. The molecule has 1 aromatic heterocycles. The summed E-state index contributed by atoms with van der Waals surface area (Å²) in [5.74, 6) is -0.311. The van der Waals surface area contributed by atoms with Crippen molar-refractivity contribution in [3.8, 4) is 0 Å². The Labute approximate surface area is 184 Å². The fourth-order valence-electron chi connectivity index (χ4n) is 5.10. The van der Waals surface area contributed by atoms with Crippen molar-refractivity contribution in [2.24, 2.45) is 11.8 Å². The average molecular weight is 436 g/mol. The Morgan fingerprint density at radius 1 is 0.906 bits per heavy atom. The minimum Gasteiger partial charge on any atom is -0.342 e. The Morgan fingerprint density at radius 2 is 1.53 bits per heavy atom. The number of fused-ring (bicyclic) bond motifs is 2. The van der Waals surface area contributed by atoms with Crippen LogP contribution < -0.4 is 5.56 Å². The van der Waals surface area contributed by atoms with Crippen LogP contribution in [0.25, 0.3) is 10.8 Å². The van der Waals surface area contributed by atoms with Crippen LogP contribution in [0.1, 0.15) is 29.8 Å². The average Bonchev–Trinajstić information content (AvgIpc) is 3.45. The van der Waals surface area contributed by atoms with E-state index in [1.807, 2.05) is 12.1 Å². The first kappa shape index (κ1) is 20.4. The molecule has 1 N–H and O–H groups in total. The number of pyridine rings is 1. The van der Waals surface area contributed by atoms with Gasteiger partial charge in [0.25, 0.3) is 11.5 Å². The highest BCUT2D eigenvalue weighted by Gasteiger charge is 2.43. The quantitative estimate of drug-likeness (QED) is 0.706. The van der Waals surface area contributed by atoms with Gasteiger partial charge in [-0.2, -0.15) is 0 Å². The summed E-state index contributed by atoms with van der Waals surface area (Å²) >= 11 is 0. The number of aromatic amines is 1. The normalized spacial score (nSPS) is 22.8. The number of benzene rings is 1. The molecule has 3 aliphatic heterocycles. The molecule has 0 unspecified atom stereocenters. The van der Waals surface area contributed by atoms with Crippen LogP contribution in [0.4, 0.5) is 0 Å². The van der Waals surface area contributed by atoms with Gasteiger partial charge in [0.15, 0.2) is 0 Å². The second kappa shape index (κ2) is 7.89. The van der Waals surface area contributed by atoms with Crippen LogP contribution in [-0.2, 0) is 14.4 Å². The topological polar surface area (TPSA) is 111 Å². The summed E-state index contributed by atoms with van der Waals surface area (Å²) in [6.45, 7) is 2.32. The third-order valence-corrected chi connectivity index (χ3v) is 6.81. The maximum atomic E-state index is 13.0. The predicted molar refractivity (Wildman–Crippen MR) is 115 cm³/mol. The first-order valence-electron chi connectivity index (χ1n) is 10.9. The first-order chi connectivity index (χ1) is 15.4. The molecule has 9 nitrogen and oxygen atoms in total. The van der Waals surface area contributed by atoms with Crippen molar-refractivity contribution >= 4 is 34.4 Å². The van der Waals surface area contributed by atoms with Gasteiger partial charge in [0.2, 0.25) is 17.7 Å². The van der Waals surface area contributed by atoms with Gasteiger partial charge in [0, 0.05) is 69.2 Å². The molecule has 2 atom stereocenters. The summed E-state index contributed by atoms with van der Waals surface area (Å²) in [5.41, 5.74) is -0.000804. The molecule has 5 rings (SSSR count). The SMILES string of the molecule is O=C(CCN1C(=O)CCC1=O)N1C[C@@H]2CN(C(=O)c3cc4ccccc4c(=O)[nH]3)C[C@@H]2C1. The summed E-state index contributed by atoms with van der Waals surface area (Å²) in [5, 5.41) is 1.28. The molecular weight excluding hydrogens is 412 g/mol. The molecule has 166 valence electrons. The van der Waals surface area contributed by atoms with E-state index >= 15 is 0 Å². The number of amides is 4. The van der Waals surface area contributed by atoms with Crippen LogP contribution in [0.15, 0.2) is 35.1 Å². The second-order valence-corrected chi connectivity index (χ2v) is 8.82. The summed E-state index contributed by atoms with van der Waals surface area (Å²) < 4.78 is 0. The number of aromatic nitrogens is 1. The van der Waals surface area contributed by atoms with E-state index in [1.54, 1.807) is 28.0 Å².